The first-order valence-corrected chi connectivity index (χ1v) is 5.77. The Labute approximate surface area is 110 Å². The first-order chi connectivity index (χ1) is 9.11. The maximum Gasteiger partial charge on any atom is 0.333 e. The third kappa shape index (κ3) is 2.85. The molecule has 96 valence electrons. The first-order valence-electron chi connectivity index (χ1n) is 5.77. The summed E-state index contributed by atoms with van der Waals surface area (Å²) in [6.45, 7) is 3.53. The summed E-state index contributed by atoms with van der Waals surface area (Å²) in [5.74, 6) is -0.824. The molecule has 0 N–H and O–H groups in total. The molecular formula is C15H13NO3. The molecule has 1 aromatic carbocycles. The van der Waals surface area contributed by atoms with Crippen molar-refractivity contribution in [2.45, 2.75) is 6.42 Å². The van der Waals surface area contributed by atoms with Crippen molar-refractivity contribution in [3.05, 3.63) is 54.2 Å². The molecule has 0 saturated heterocycles. The van der Waals surface area contributed by atoms with Gasteiger partial charge < -0.3 is 4.74 Å². The number of ketones is 1. The maximum atomic E-state index is 12.0. The number of fused-ring (bicyclic) bond motifs is 1. The van der Waals surface area contributed by atoms with Crippen molar-refractivity contribution >= 4 is 22.7 Å². The molecule has 0 saturated carbocycles. The lowest BCUT2D eigenvalue weighted by atomic mass is 10.1. The van der Waals surface area contributed by atoms with Crippen LogP contribution in [0.5, 0.6) is 0 Å². The molecule has 2 rings (SSSR count). The molecule has 0 atom stereocenters. The average molecular weight is 255 g/mol. The first kappa shape index (κ1) is 13.0. The third-order valence-electron chi connectivity index (χ3n) is 2.73. The van der Waals surface area contributed by atoms with E-state index >= 15 is 0 Å². The maximum absolute atomic E-state index is 12.0. The quantitative estimate of drug-likeness (QED) is 0.478. The predicted molar refractivity (Wildman–Crippen MR) is 71.8 cm³/mol. The normalized spacial score (nSPS) is 10.2. The van der Waals surface area contributed by atoms with Crippen LogP contribution in [0.2, 0.25) is 0 Å². The number of carbonyl (C=O) groups excluding carboxylic acids is 2. The summed E-state index contributed by atoms with van der Waals surface area (Å²) in [5.41, 5.74) is 1.20. The number of ether oxygens (including phenoxy) is 1. The van der Waals surface area contributed by atoms with E-state index in [0.717, 1.165) is 10.9 Å². The number of para-hydroxylation sites is 1. The fourth-order valence-electron chi connectivity index (χ4n) is 1.72. The van der Waals surface area contributed by atoms with Crippen LogP contribution in [0.15, 0.2) is 48.6 Å². The van der Waals surface area contributed by atoms with Crippen LogP contribution in [0.4, 0.5) is 0 Å². The fraction of sp³-hybridized carbons (Fsp3) is 0.133. The molecule has 0 aliphatic rings. The lowest BCUT2D eigenvalue weighted by molar-refractivity contribution is -0.136. The number of hydrogen-bond acceptors (Lipinski definition) is 4. The smallest absolute Gasteiger partial charge is 0.333 e. The summed E-state index contributed by atoms with van der Waals surface area (Å²) in [5, 5.41) is 0.964. The van der Waals surface area contributed by atoms with Crippen molar-refractivity contribution in [3.8, 4) is 0 Å². The van der Waals surface area contributed by atoms with Crippen molar-refractivity contribution in [1.29, 1.82) is 0 Å². The topological polar surface area (TPSA) is 56.3 Å². The zero-order valence-corrected chi connectivity index (χ0v) is 10.6. The standard InChI is InChI=1S/C15H13NO3/c1-10(15(18)19-2)9-14(17)13-8-7-11-5-3-4-6-12(11)16-13/h3-8H,1,9H2,2H3. The van der Waals surface area contributed by atoms with E-state index in [0.29, 0.717) is 5.69 Å². The largest absolute Gasteiger partial charge is 0.466 e. The second-order valence-electron chi connectivity index (χ2n) is 4.08. The van der Waals surface area contributed by atoms with E-state index in [2.05, 4.69) is 16.3 Å². The Hall–Kier alpha value is -2.49. The Balaban J connectivity index is 2.22. The van der Waals surface area contributed by atoms with Crippen molar-refractivity contribution in [1.82, 2.24) is 4.98 Å². The zero-order chi connectivity index (χ0) is 13.8. The molecule has 2 aromatic rings. The highest BCUT2D eigenvalue weighted by Gasteiger charge is 2.14. The van der Waals surface area contributed by atoms with E-state index in [4.69, 9.17) is 0 Å². The summed E-state index contributed by atoms with van der Waals surface area (Å²) in [7, 11) is 1.26. The SMILES string of the molecule is C=C(CC(=O)c1ccc2ccccc2n1)C(=O)OC. The van der Waals surface area contributed by atoms with Crippen LogP contribution in [-0.2, 0) is 9.53 Å². The van der Waals surface area contributed by atoms with Crippen LogP contribution in [-0.4, -0.2) is 23.8 Å². The van der Waals surface area contributed by atoms with Gasteiger partial charge in [0.25, 0.3) is 0 Å². The second kappa shape index (κ2) is 5.44. The average Bonchev–Trinajstić information content (AvgIpc) is 2.45. The minimum Gasteiger partial charge on any atom is -0.466 e. The van der Waals surface area contributed by atoms with Gasteiger partial charge in [-0.3, -0.25) is 4.79 Å². The molecule has 0 bridgehead atoms. The van der Waals surface area contributed by atoms with Gasteiger partial charge in [-0.25, -0.2) is 9.78 Å². The number of nitrogens with zero attached hydrogens (tertiary/aromatic N) is 1. The number of rotatable bonds is 4. The fourth-order valence-corrected chi connectivity index (χ4v) is 1.72. The van der Waals surface area contributed by atoms with E-state index in [9.17, 15) is 9.59 Å². The number of methoxy groups -OCH3 is 1. The van der Waals surface area contributed by atoms with Gasteiger partial charge in [0.2, 0.25) is 0 Å². The van der Waals surface area contributed by atoms with Gasteiger partial charge in [-0.05, 0) is 12.1 Å². The number of pyridine rings is 1. The molecule has 0 fully saturated rings. The molecule has 4 heteroatoms. The van der Waals surface area contributed by atoms with Crippen LogP contribution in [0, 0.1) is 0 Å². The Morgan fingerprint density at radius 2 is 1.95 bits per heavy atom. The molecule has 1 heterocycles. The highest BCUT2D eigenvalue weighted by atomic mass is 16.5. The highest BCUT2D eigenvalue weighted by Crippen LogP contribution is 2.14. The van der Waals surface area contributed by atoms with Crippen molar-refractivity contribution < 1.29 is 14.3 Å². The van der Waals surface area contributed by atoms with Gasteiger partial charge in [0.15, 0.2) is 5.78 Å². The number of hydrogen-bond donors (Lipinski definition) is 0. The number of carbonyl (C=O) groups is 2. The van der Waals surface area contributed by atoms with Gasteiger partial charge >= 0.3 is 5.97 Å². The van der Waals surface area contributed by atoms with E-state index in [1.165, 1.54) is 7.11 Å². The van der Waals surface area contributed by atoms with Crippen LogP contribution in [0.1, 0.15) is 16.9 Å². The molecule has 4 nitrogen and oxygen atoms in total. The van der Waals surface area contributed by atoms with Gasteiger partial charge in [-0.15, -0.1) is 0 Å². The monoisotopic (exact) mass is 255 g/mol. The number of aromatic nitrogens is 1. The van der Waals surface area contributed by atoms with Gasteiger partial charge in [0.05, 0.1) is 12.6 Å². The Morgan fingerprint density at radius 3 is 2.68 bits per heavy atom. The summed E-state index contributed by atoms with van der Waals surface area (Å²) < 4.78 is 4.51. The van der Waals surface area contributed by atoms with Crippen LogP contribution < -0.4 is 0 Å². The van der Waals surface area contributed by atoms with Crippen LogP contribution in [0.25, 0.3) is 10.9 Å². The van der Waals surface area contributed by atoms with Crippen LogP contribution >= 0.6 is 0 Å². The number of Topliss-reactive ketones (excluding diaryl/α,β-unsaturated/α-hetero) is 1. The Morgan fingerprint density at radius 1 is 1.21 bits per heavy atom. The summed E-state index contributed by atoms with van der Waals surface area (Å²) in [4.78, 5) is 27.5. The molecule has 0 spiro atoms. The zero-order valence-electron chi connectivity index (χ0n) is 10.6. The second-order valence-corrected chi connectivity index (χ2v) is 4.08. The molecule has 0 amide bonds. The van der Waals surface area contributed by atoms with Gasteiger partial charge in [-0.1, -0.05) is 30.8 Å². The van der Waals surface area contributed by atoms with Gasteiger partial charge in [0.1, 0.15) is 5.69 Å². The minimum atomic E-state index is -0.575. The van der Waals surface area contributed by atoms with E-state index in [1.54, 1.807) is 6.07 Å². The van der Waals surface area contributed by atoms with E-state index in [1.807, 2.05) is 30.3 Å². The lowest BCUT2D eigenvalue weighted by Crippen LogP contribution is -2.10. The number of esters is 1. The van der Waals surface area contributed by atoms with Gasteiger partial charge in [0, 0.05) is 17.4 Å². The van der Waals surface area contributed by atoms with Crippen molar-refractivity contribution in [3.63, 3.8) is 0 Å². The molecule has 19 heavy (non-hydrogen) atoms. The van der Waals surface area contributed by atoms with Gasteiger partial charge in [-0.2, -0.15) is 0 Å². The van der Waals surface area contributed by atoms with Crippen LogP contribution in [0.3, 0.4) is 0 Å². The molecule has 0 aliphatic heterocycles. The Kier molecular flexibility index (Phi) is 3.71. The summed E-state index contributed by atoms with van der Waals surface area (Å²) >= 11 is 0. The number of benzene rings is 1. The summed E-state index contributed by atoms with van der Waals surface area (Å²) in [6.07, 6.45) is -0.0853. The molecule has 0 unspecified atom stereocenters. The molecule has 1 aromatic heterocycles. The molecule has 0 radical (unpaired) electrons. The molecule has 0 aliphatic carbocycles. The Bertz CT molecular complexity index is 661. The van der Waals surface area contributed by atoms with Crippen molar-refractivity contribution in [2.75, 3.05) is 7.11 Å². The van der Waals surface area contributed by atoms with E-state index < -0.39 is 5.97 Å². The van der Waals surface area contributed by atoms with E-state index in [-0.39, 0.29) is 17.8 Å². The van der Waals surface area contributed by atoms with Crippen molar-refractivity contribution in [2.24, 2.45) is 0 Å². The summed E-state index contributed by atoms with van der Waals surface area (Å²) in [6, 6.07) is 11.0. The minimum absolute atomic E-state index is 0.0853. The predicted octanol–water partition coefficient (Wildman–Crippen LogP) is 2.54. The molecular weight excluding hydrogens is 242 g/mol. The highest BCUT2D eigenvalue weighted by molar-refractivity contribution is 6.03. The third-order valence-corrected chi connectivity index (χ3v) is 2.73. The lowest BCUT2D eigenvalue weighted by Gasteiger charge is -2.04.